The highest BCUT2D eigenvalue weighted by Gasteiger charge is 2.33. The fourth-order valence-electron chi connectivity index (χ4n) is 1.63. The maximum absolute atomic E-state index is 12.1. The molecule has 0 fully saturated rings. The summed E-state index contributed by atoms with van der Waals surface area (Å²) in [5.41, 5.74) is -0.692. The van der Waals surface area contributed by atoms with Crippen LogP contribution in [0, 0.1) is 11.8 Å². The van der Waals surface area contributed by atoms with Crippen molar-refractivity contribution in [3.05, 3.63) is 0 Å². The molecule has 0 aliphatic rings. The van der Waals surface area contributed by atoms with Gasteiger partial charge in [0.2, 0.25) is 0 Å². The zero-order chi connectivity index (χ0) is 15.9. The predicted octanol–water partition coefficient (Wildman–Crippen LogP) is 2.51. The van der Waals surface area contributed by atoms with E-state index in [9.17, 15) is 14.4 Å². The van der Waals surface area contributed by atoms with Crippen LogP contribution in [0.5, 0.6) is 0 Å². The standard InChI is InChI=1S/C15H26O5/c1-7-19-13(17)9-11(12(16)8-10(2)3)14(18)20-15(4,5)6/h10-11H,7-9H2,1-6H3. The van der Waals surface area contributed by atoms with Crippen molar-refractivity contribution in [2.45, 2.75) is 60.0 Å². The average molecular weight is 286 g/mol. The monoisotopic (exact) mass is 286 g/mol. The van der Waals surface area contributed by atoms with Crippen molar-refractivity contribution in [2.24, 2.45) is 11.8 Å². The Morgan fingerprint density at radius 3 is 2.00 bits per heavy atom. The Bertz CT molecular complexity index is 352. The number of ether oxygens (including phenoxy) is 2. The molecule has 0 amide bonds. The van der Waals surface area contributed by atoms with Crippen LogP contribution in [0.1, 0.15) is 54.4 Å². The van der Waals surface area contributed by atoms with E-state index in [0.717, 1.165) is 0 Å². The smallest absolute Gasteiger partial charge is 0.317 e. The fourth-order valence-corrected chi connectivity index (χ4v) is 1.63. The summed E-state index contributed by atoms with van der Waals surface area (Å²) in [7, 11) is 0. The van der Waals surface area contributed by atoms with Gasteiger partial charge in [-0.2, -0.15) is 0 Å². The quantitative estimate of drug-likeness (QED) is 0.531. The molecule has 0 bridgehead atoms. The number of Topliss-reactive ketones (excluding diaryl/α,β-unsaturated/α-hetero) is 1. The molecule has 0 aliphatic heterocycles. The van der Waals surface area contributed by atoms with Crippen LogP contribution in [0.4, 0.5) is 0 Å². The lowest BCUT2D eigenvalue weighted by molar-refractivity contribution is -0.166. The van der Waals surface area contributed by atoms with Crippen molar-refractivity contribution < 1.29 is 23.9 Å². The van der Waals surface area contributed by atoms with Crippen LogP contribution < -0.4 is 0 Å². The number of hydrogen-bond acceptors (Lipinski definition) is 5. The van der Waals surface area contributed by atoms with Crippen LogP contribution in [-0.4, -0.2) is 29.9 Å². The van der Waals surface area contributed by atoms with Crippen molar-refractivity contribution in [2.75, 3.05) is 6.61 Å². The Kier molecular flexibility index (Phi) is 7.46. The second kappa shape index (κ2) is 8.02. The Balaban J connectivity index is 4.91. The van der Waals surface area contributed by atoms with Crippen LogP contribution in [0.15, 0.2) is 0 Å². The summed E-state index contributed by atoms with van der Waals surface area (Å²) < 4.78 is 10.0. The predicted molar refractivity (Wildman–Crippen MR) is 75.0 cm³/mol. The van der Waals surface area contributed by atoms with Gasteiger partial charge < -0.3 is 9.47 Å². The second-order valence-electron chi connectivity index (χ2n) is 6.16. The summed E-state index contributed by atoms with van der Waals surface area (Å²) in [6, 6.07) is 0. The van der Waals surface area contributed by atoms with Gasteiger partial charge in [0.1, 0.15) is 17.3 Å². The highest BCUT2D eigenvalue weighted by Crippen LogP contribution is 2.18. The number of carbonyl (C=O) groups excluding carboxylic acids is 3. The van der Waals surface area contributed by atoms with E-state index < -0.39 is 23.5 Å². The largest absolute Gasteiger partial charge is 0.466 e. The third-order valence-electron chi connectivity index (χ3n) is 2.37. The van der Waals surface area contributed by atoms with Gasteiger partial charge in [-0.25, -0.2) is 0 Å². The first-order valence-electron chi connectivity index (χ1n) is 6.98. The summed E-state index contributed by atoms with van der Waals surface area (Å²) in [5.74, 6) is -2.44. The minimum atomic E-state index is -1.07. The Labute approximate surface area is 121 Å². The van der Waals surface area contributed by atoms with E-state index in [2.05, 4.69) is 0 Å². The molecule has 5 nitrogen and oxygen atoms in total. The topological polar surface area (TPSA) is 69.7 Å². The van der Waals surface area contributed by atoms with E-state index in [0.29, 0.717) is 0 Å². The first kappa shape index (κ1) is 18.6. The van der Waals surface area contributed by atoms with Crippen molar-refractivity contribution in [3.63, 3.8) is 0 Å². The minimum Gasteiger partial charge on any atom is -0.466 e. The summed E-state index contributed by atoms with van der Waals surface area (Å²) in [4.78, 5) is 35.7. The van der Waals surface area contributed by atoms with Crippen molar-refractivity contribution in [1.82, 2.24) is 0 Å². The highest BCUT2D eigenvalue weighted by atomic mass is 16.6. The molecule has 1 unspecified atom stereocenters. The molecule has 0 aliphatic carbocycles. The molecule has 5 heteroatoms. The maximum Gasteiger partial charge on any atom is 0.317 e. The molecule has 1 atom stereocenters. The fraction of sp³-hybridized carbons (Fsp3) is 0.800. The lowest BCUT2D eigenvalue weighted by atomic mass is 9.93. The average Bonchev–Trinajstić information content (AvgIpc) is 2.22. The lowest BCUT2D eigenvalue weighted by Crippen LogP contribution is -2.35. The molecule has 0 spiro atoms. The summed E-state index contributed by atoms with van der Waals surface area (Å²) >= 11 is 0. The van der Waals surface area contributed by atoms with Gasteiger partial charge in [-0.15, -0.1) is 0 Å². The normalized spacial score (nSPS) is 12.9. The molecule has 0 rings (SSSR count). The Morgan fingerprint density at radius 1 is 1.05 bits per heavy atom. The van der Waals surface area contributed by atoms with Crippen LogP contribution in [0.3, 0.4) is 0 Å². The molecule has 0 radical (unpaired) electrons. The molecule has 0 aromatic heterocycles. The first-order valence-corrected chi connectivity index (χ1v) is 6.98. The minimum absolute atomic E-state index is 0.120. The summed E-state index contributed by atoms with van der Waals surface area (Å²) in [6.07, 6.45) is -0.0162. The number of rotatable bonds is 7. The van der Waals surface area contributed by atoms with E-state index in [1.807, 2.05) is 13.8 Å². The first-order chi connectivity index (χ1) is 9.06. The molecule has 20 heavy (non-hydrogen) atoms. The molecule has 116 valence electrons. The van der Waals surface area contributed by atoms with Crippen molar-refractivity contribution >= 4 is 17.7 Å². The summed E-state index contributed by atoms with van der Waals surface area (Å²) in [5, 5.41) is 0. The molecule has 0 saturated carbocycles. The van der Waals surface area contributed by atoms with Gasteiger partial charge in [-0.3, -0.25) is 14.4 Å². The third-order valence-corrected chi connectivity index (χ3v) is 2.37. The van der Waals surface area contributed by atoms with Crippen LogP contribution in [0.2, 0.25) is 0 Å². The zero-order valence-corrected chi connectivity index (χ0v) is 13.3. The lowest BCUT2D eigenvalue weighted by Gasteiger charge is -2.23. The van der Waals surface area contributed by atoms with Crippen molar-refractivity contribution in [3.8, 4) is 0 Å². The highest BCUT2D eigenvalue weighted by molar-refractivity contribution is 6.01. The van der Waals surface area contributed by atoms with E-state index in [4.69, 9.17) is 9.47 Å². The van der Waals surface area contributed by atoms with Crippen LogP contribution in [-0.2, 0) is 23.9 Å². The maximum atomic E-state index is 12.1. The molecule has 0 N–H and O–H groups in total. The second-order valence-corrected chi connectivity index (χ2v) is 6.16. The van der Waals surface area contributed by atoms with Gasteiger partial charge >= 0.3 is 11.9 Å². The van der Waals surface area contributed by atoms with Gasteiger partial charge in [0.15, 0.2) is 0 Å². The molecule has 0 aromatic carbocycles. The summed E-state index contributed by atoms with van der Waals surface area (Å²) in [6.45, 7) is 10.8. The SMILES string of the molecule is CCOC(=O)CC(C(=O)CC(C)C)C(=O)OC(C)(C)C. The number of carbonyl (C=O) groups is 3. The van der Waals surface area contributed by atoms with E-state index >= 15 is 0 Å². The van der Waals surface area contributed by atoms with Crippen LogP contribution >= 0.6 is 0 Å². The Hall–Kier alpha value is -1.39. The number of ketones is 1. The van der Waals surface area contributed by atoms with E-state index in [1.54, 1.807) is 27.7 Å². The molecule has 0 heterocycles. The third kappa shape index (κ3) is 7.92. The van der Waals surface area contributed by atoms with E-state index in [1.165, 1.54) is 0 Å². The Morgan fingerprint density at radius 2 is 1.60 bits per heavy atom. The number of hydrogen-bond donors (Lipinski definition) is 0. The van der Waals surface area contributed by atoms with Gasteiger partial charge in [0, 0.05) is 6.42 Å². The number of esters is 2. The van der Waals surface area contributed by atoms with Crippen LogP contribution in [0.25, 0.3) is 0 Å². The molecular formula is C15H26O5. The van der Waals surface area contributed by atoms with Crippen molar-refractivity contribution in [1.29, 1.82) is 0 Å². The molecule has 0 saturated heterocycles. The van der Waals surface area contributed by atoms with Gasteiger partial charge in [-0.1, -0.05) is 13.8 Å². The molecular weight excluding hydrogens is 260 g/mol. The van der Waals surface area contributed by atoms with Gasteiger partial charge in [0.05, 0.1) is 13.0 Å². The van der Waals surface area contributed by atoms with Gasteiger partial charge in [-0.05, 0) is 33.6 Å². The van der Waals surface area contributed by atoms with E-state index in [-0.39, 0.29) is 31.1 Å². The van der Waals surface area contributed by atoms with Gasteiger partial charge in [0.25, 0.3) is 0 Å². The zero-order valence-electron chi connectivity index (χ0n) is 13.3. The molecule has 0 aromatic rings.